The lowest BCUT2D eigenvalue weighted by molar-refractivity contribution is -0.105. The van der Waals surface area contributed by atoms with Crippen molar-refractivity contribution in [3.8, 4) is 11.5 Å². The van der Waals surface area contributed by atoms with Crippen LogP contribution >= 0.6 is 11.6 Å². The van der Waals surface area contributed by atoms with Crippen molar-refractivity contribution in [2.75, 3.05) is 7.11 Å². The normalized spacial score (nSPS) is 16.5. The molecule has 3 rings (SSSR count). The molecule has 2 aromatic rings. The fraction of sp³-hybridized carbons (Fsp3) is 0.118. The van der Waals surface area contributed by atoms with Crippen LogP contribution < -0.4 is 9.47 Å². The van der Waals surface area contributed by atoms with Crippen molar-refractivity contribution in [2.45, 2.75) is 6.10 Å². The van der Waals surface area contributed by atoms with Crippen LogP contribution in [0.5, 0.6) is 11.5 Å². The summed E-state index contributed by atoms with van der Waals surface area (Å²) in [5, 5.41) is 0.613. The van der Waals surface area contributed by atoms with Crippen LogP contribution in [0.1, 0.15) is 17.2 Å². The topological polar surface area (TPSA) is 35.5 Å². The van der Waals surface area contributed by atoms with Gasteiger partial charge in [0.15, 0.2) is 6.10 Å². The van der Waals surface area contributed by atoms with Crippen molar-refractivity contribution >= 4 is 24.0 Å². The van der Waals surface area contributed by atoms with E-state index in [4.69, 9.17) is 21.1 Å². The van der Waals surface area contributed by atoms with Gasteiger partial charge in [-0.15, -0.1) is 0 Å². The molecule has 1 atom stereocenters. The molecule has 0 bridgehead atoms. The Bertz CT molecular complexity index is 704. The third-order valence-electron chi connectivity index (χ3n) is 3.40. The summed E-state index contributed by atoms with van der Waals surface area (Å²) in [5.41, 5.74) is 2.28. The standard InChI is InChI=1S/C17H13ClO3/c1-20-15-5-2-11(3-6-15)17-13(10-19)8-12-9-14(18)4-7-16(12)21-17/h2-10,17H,1H3/t17-/m1/s1. The molecule has 0 saturated heterocycles. The second-order valence-electron chi connectivity index (χ2n) is 4.72. The average molecular weight is 301 g/mol. The molecule has 0 spiro atoms. The van der Waals surface area contributed by atoms with Crippen LogP contribution in [0.3, 0.4) is 0 Å². The van der Waals surface area contributed by atoms with E-state index in [-0.39, 0.29) is 0 Å². The molecular weight excluding hydrogens is 288 g/mol. The van der Waals surface area contributed by atoms with Crippen molar-refractivity contribution < 1.29 is 14.3 Å². The number of fused-ring (bicyclic) bond motifs is 1. The number of hydrogen-bond acceptors (Lipinski definition) is 3. The zero-order valence-electron chi connectivity index (χ0n) is 11.4. The van der Waals surface area contributed by atoms with E-state index in [1.807, 2.05) is 36.4 Å². The van der Waals surface area contributed by atoms with Gasteiger partial charge < -0.3 is 9.47 Å². The molecule has 2 aromatic carbocycles. The predicted octanol–water partition coefficient (Wildman–Crippen LogP) is 4.06. The predicted molar refractivity (Wildman–Crippen MR) is 81.9 cm³/mol. The lowest BCUT2D eigenvalue weighted by atomic mass is 9.97. The summed E-state index contributed by atoms with van der Waals surface area (Å²) < 4.78 is 11.1. The molecule has 3 nitrogen and oxygen atoms in total. The molecule has 1 aliphatic heterocycles. The summed E-state index contributed by atoms with van der Waals surface area (Å²) in [6, 6.07) is 12.8. The number of halogens is 1. The van der Waals surface area contributed by atoms with E-state index in [1.54, 1.807) is 19.2 Å². The number of ether oxygens (including phenoxy) is 2. The first-order chi connectivity index (χ1) is 10.2. The molecule has 0 N–H and O–H groups in total. The van der Waals surface area contributed by atoms with E-state index in [1.165, 1.54) is 0 Å². The van der Waals surface area contributed by atoms with Gasteiger partial charge in [0.05, 0.1) is 7.11 Å². The van der Waals surface area contributed by atoms with Crippen LogP contribution in [0.2, 0.25) is 5.02 Å². The van der Waals surface area contributed by atoms with Crippen molar-refractivity contribution in [1.29, 1.82) is 0 Å². The van der Waals surface area contributed by atoms with Gasteiger partial charge in [-0.1, -0.05) is 23.7 Å². The summed E-state index contributed by atoms with van der Waals surface area (Å²) in [5.74, 6) is 1.48. The third-order valence-corrected chi connectivity index (χ3v) is 3.63. The smallest absolute Gasteiger partial charge is 0.152 e. The van der Waals surface area contributed by atoms with Crippen LogP contribution in [-0.4, -0.2) is 13.4 Å². The summed E-state index contributed by atoms with van der Waals surface area (Å²) in [6.07, 6.45) is 2.22. The highest BCUT2D eigenvalue weighted by molar-refractivity contribution is 6.30. The molecular formula is C17H13ClO3. The van der Waals surface area contributed by atoms with E-state index < -0.39 is 6.10 Å². The molecule has 0 amide bonds. The highest BCUT2D eigenvalue weighted by Gasteiger charge is 2.24. The van der Waals surface area contributed by atoms with E-state index >= 15 is 0 Å². The first-order valence-electron chi connectivity index (χ1n) is 6.48. The maximum atomic E-state index is 11.4. The first-order valence-corrected chi connectivity index (χ1v) is 6.86. The number of methoxy groups -OCH3 is 1. The zero-order chi connectivity index (χ0) is 14.8. The molecule has 0 fully saturated rings. The molecule has 1 aliphatic rings. The van der Waals surface area contributed by atoms with Gasteiger partial charge in [-0.25, -0.2) is 0 Å². The quantitative estimate of drug-likeness (QED) is 0.802. The van der Waals surface area contributed by atoms with E-state index in [2.05, 4.69) is 0 Å². The molecule has 21 heavy (non-hydrogen) atoms. The number of benzene rings is 2. The Balaban J connectivity index is 2.00. The molecule has 4 heteroatoms. The lowest BCUT2D eigenvalue weighted by Crippen LogP contribution is -2.15. The second kappa shape index (κ2) is 5.62. The molecule has 0 saturated carbocycles. The number of rotatable bonds is 3. The molecule has 106 valence electrons. The Morgan fingerprint density at radius 3 is 2.62 bits per heavy atom. The summed E-state index contributed by atoms with van der Waals surface area (Å²) in [4.78, 5) is 11.4. The van der Waals surface area contributed by atoms with Gasteiger partial charge in [0.2, 0.25) is 0 Å². The largest absolute Gasteiger partial charge is 0.497 e. The fourth-order valence-corrected chi connectivity index (χ4v) is 2.51. The second-order valence-corrected chi connectivity index (χ2v) is 5.15. The van der Waals surface area contributed by atoms with Gasteiger partial charge >= 0.3 is 0 Å². The fourth-order valence-electron chi connectivity index (χ4n) is 2.32. The van der Waals surface area contributed by atoms with Gasteiger partial charge in [-0.05, 0) is 42.0 Å². The highest BCUT2D eigenvalue weighted by atomic mass is 35.5. The molecule has 0 unspecified atom stereocenters. The van der Waals surface area contributed by atoms with Crippen LogP contribution in [0.25, 0.3) is 6.08 Å². The Hall–Kier alpha value is -2.26. The Morgan fingerprint density at radius 2 is 1.95 bits per heavy atom. The van der Waals surface area contributed by atoms with E-state index in [0.29, 0.717) is 16.3 Å². The molecule has 0 aliphatic carbocycles. The summed E-state index contributed by atoms with van der Waals surface area (Å²) in [6.45, 7) is 0. The van der Waals surface area contributed by atoms with Crippen LogP contribution in [-0.2, 0) is 4.79 Å². The highest BCUT2D eigenvalue weighted by Crippen LogP contribution is 2.37. The van der Waals surface area contributed by atoms with Crippen LogP contribution in [0, 0.1) is 0 Å². The monoisotopic (exact) mass is 300 g/mol. The Labute approximate surface area is 127 Å². The number of aldehydes is 1. The van der Waals surface area contributed by atoms with Gasteiger partial charge in [0, 0.05) is 16.2 Å². The van der Waals surface area contributed by atoms with Crippen LogP contribution in [0.4, 0.5) is 0 Å². The maximum absolute atomic E-state index is 11.4. The SMILES string of the molecule is COc1ccc([C@H]2Oc3ccc(Cl)cc3C=C2C=O)cc1. The Kier molecular flexibility index (Phi) is 3.67. The van der Waals surface area contributed by atoms with Crippen LogP contribution in [0.15, 0.2) is 48.0 Å². The van der Waals surface area contributed by atoms with Gasteiger partial charge in [-0.3, -0.25) is 4.79 Å². The average Bonchev–Trinajstić information content (AvgIpc) is 2.53. The summed E-state index contributed by atoms with van der Waals surface area (Å²) in [7, 11) is 1.61. The zero-order valence-corrected chi connectivity index (χ0v) is 12.1. The molecule has 0 aromatic heterocycles. The number of carbonyl (C=O) groups is 1. The van der Waals surface area contributed by atoms with Gasteiger partial charge in [-0.2, -0.15) is 0 Å². The maximum Gasteiger partial charge on any atom is 0.152 e. The first kappa shape index (κ1) is 13.7. The minimum atomic E-state index is -0.415. The van der Waals surface area contributed by atoms with Crippen molar-refractivity contribution in [3.63, 3.8) is 0 Å². The lowest BCUT2D eigenvalue weighted by Gasteiger charge is -2.25. The molecule has 0 radical (unpaired) electrons. The summed E-state index contributed by atoms with van der Waals surface area (Å²) >= 11 is 5.97. The van der Waals surface area contributed by atoms with Gasteiger partial charge in [0.1, 0.15) is 17.8 Å². The third kappa shape index (κ3) is 2.65. The van der Waals surface area contributed by atoms with Crippen molar-refractivity contribution in [2.24, 2.45) is 0 Å². The number of hydrogen-bond donors (Lipinski definition) is 0. The van der Waals surface area contributed by atoms with Gasteiger partial charge in [0.25, 0.3) is 0 Å². The van der Waals surface area contributed by atoms with E-state index in [9.17, 15) is 4.79 Å². The Morgan fingerprint density at radius 1 is 1.19 bits per heavy atom. The van der Waals surface area contributed by atoms with Crippen molar-refractivity contribution in [1.82, 2.24) is 0 Å². The van der Waals surface area contributed by atoms with E-state index in [0.717, 1.165) is 23.2 Å². The number of carbonyl (C=O) groups excluding carboxylic acids is 1. The minimum absolute atomic E-state index is 0.415. The molecule has 1 heterocycles. The van der Waals surface area contributed by atoms with Crippen molar-refractivity contribution in [3.05, 3.63) is 64.2 Å². The minimum Gasteiger partial charge on any atom is -0.497 e.